The van der Waals surface area contributed by atoms with Crippen molar-refractivity contribution >= 4 is 21.8 Å². The fourth-order valence-corrected chi connectivity index (χ4v) is 3.24. The van der Waals surface area contributed by atoms with E-state index in [1.54, 1.807) is 0 Å². The van der Waals surface area contributed by atoms with Gasteiger partial charge in [-0.15, -0.1) is 0 Å². The lowest BCUT2D eigenvalue weighted by atomic mass is 10.0. The molecule has 0 spiro atoms. The van der Waals surface area contributed by atoms with Crippen LogP contribution in [0.5, 0.6) is 0 Å². The van der Waals surface area contributed by atoms with Crippen LogP contribution >= 0.6 is 0 Å². The van der Waals surface area contributed by atoms with Gasteiger partial charge in [0.25, 0.3) is 0 Å². The minimum Gasteiger partial charge on any atom is -0.335 e. The predicted octanol–water partition coefficient (Wildman–Crippen LogP) is 6.22. The number of para-hydroxylation sites is 1. The van der Waals surface area contributed by atoms with Gasteiger partial charge >= 0.3 is 0 Å². The quantitative estimate of drug-likeness (QED) is 0.393. The first kappa shape index (κ1) is 9.57. The summed E-state index contributed by atoms with van der Waals surface area (Å²) >= 11 is 0. The molecule has 4 aromatic rings. The third-order valence-electron chi connectivity index (χ3n) is 4.13. The van der Waals surface area contributed by atoms with Crippen LogP contribution in [-0.4, -0.2) is 4.57 Å². The molecule has 0 radical (unpaired) electrons. The maximum Gasteiger partial charge on any atom is 0.0629 e. The molecule has 0 unspecified atom stereocenters. The van der Waals surface area contributed by atoms with Gasteiger partial charge in [0.1, 0.15) is 0 Å². The molecule has 1 heterocycles. The van der Waals surface area contributed by atoms with Crippen LogP contribution in [0.25, 0.3) is 32.9 Å². The monoisotopic (exact) mass is 304 g/mol. The summed E-state index contributed by atoms with van der Waals surface area (Å²) in [5, 5.41) is 2.22. The van der Waals surface area contributed by atoms with Crippen molar-refractivity contribution in [2.45, 2.75) is 26.3 Å². The average Bonchev–Trinajstić information content (AvgIpc) is 2.99. The zero-order valence-electron chi connectivity index (χ0n) is 18.5. The Bertz CT molecular complexity index is 1220. The second kappa shape index (κ2) is 4.99. The molecule has 0 atom stereocenters. The fourth-order valence-electron chi connectivity index (χ4n) is 3.24. The third-order valence-corrected chi connectivity index (χ3v) is 4.13. The Balaban J connectivity index is 2.12. The van der Waals surface area contributed by atoms with Crippen LogP contribution in [0.4, 0.5) is 0 Å². The Hall–Kier alpha value is -2.54. The summed E-state index contributed by atoms with van der Waals surface area (Å²) in [6, 6.07) is 12.6. The second-order valence-corrected chi connectivity index (χ2v) is 6.76. The van der Waals surface area contributed by atoms with Crippen molar-refractivity contribution in [3.63, 3.8) is 0 Å². The van der Waals surface area contributed by atoms with Crippen LogP contribution < -0.4 is 0 Å². The molecule has 0 saturated heterocycles. The highest BCUT2D eigenvalue weighted by molar-refractivity contribution is 6.09. The van der Waals surface area contributed by atoms with Crippen LogP contribution in [-0.2, 0) is 5.54 Å². The van der Waals surface area contributed by atoms with Crippen molar-refractivity contribution in [3.05, 3.63) is 72.7 Å². The lowest BCUT2D eigenvalue weighted by Crippen LogP contribution is -2.21. The summed E-state index contributed by atoms with van der Waals surface area (Å²) in [6.07, 6.45) is 0. The summed E-state index contributed by atoms with van der Waals surface area (Å²) in [6.45, 7) is 6.41. The second-order valence-electron chi connectivity index (χ2n) is 6.76. The lowest BCUT2D eigenvalue weighted by molar-refractivity contribution is 0.423. The highest BCUT2D eigenvalue weighted by Crippen LogP contribution is 2.36. The van der Waals surface area contributed by atoms with Crippen LogP contribution in [0, 0.1) is 0 Å². The highest BCUT2D eigenvalue weighted by Gasteiger charge is 2.20. The van der Waals surface area contributed by atoms with Gasteiger partial charge in [-0.25, -0.2) is 0 Å². The molecule has 0 fully saturated rings. The fraction of sp³-hybridized carbons (Fsp3) is 0.182. The predicted molar refractivity (Wildman–Crippen MR) is 99.9 cm³/mol. The van der Waals surface area contributed by atoms with E-state index in [0.29, 0.717) is 5.56 Å². The van der Waals surface area contributed by atoms with E-state index in [1.807, 2.05) is 30.3 Å². The summed E-state index contributed by atoms with van der Waals surface area (Å²) < 4.78 is 42.6. The first-order valence-electron chi connectivity index (χ1n) is 10.2. The third kappa shape index (κ3) is 2.24. The molecule has 3 aromatic carbocycles. The molecular weight excluding hydrogens is 278 g/mol. The van der Waals surface area contributed by atoms with E-state index in [1.165, 1.54) is 0 Å². The van der Waals surface area contributed by atoms with Crippen LogP contribution in [0.3, 0.4) is 0 Å². The molecule has 0 aliphatic carbocycles. The van der Waals surface area contributed by atoms with E-state index in [2.05, 4.69) is 37.5 Å². The summed E-state index contributed by atoms with van der Waals surface area (Å²) in [4.78, 5) is 0. The Kier molecular flexibility index (Phi) is 2.07. The van der Waals surface area contributed by atoms with E-state index in [9.17, 15) is 0 Å². The van der Waals surface area contributed by atoms with Crippen molar-refractivity contribution in [1.29, 1.82) is 0 Å². The standard InChI is InChI=1S/C22H21N/c1-22(2,3)23-20-12-8-7-11-18(20)19-14-13-17(15-21(19)23)16-9-5-4-6-10-16/h4-15H,1-3H3/i4D,5D,6D,9D,10D. The summed E-state index contributed by atoms with van der Waals surface area (Å²) in [5.74, 6) is 0. The van der Waals surface area contributed by atoms with E-state index >= 15 is 0 Å². The molecule has 0 N–H and O–H groups in total. The Morgan fingerprint density at radius 3 is 2.22 bits per heavy atom. The van der Waals surface area contributed by atoms with Crippen molar-refractivity contribution in [3.8, 4) is 11.1 Å². The number of rotatable bonds is 1. The summed E-state index contributed by atoms with van der Waals surface area (Å²) in [5.41, 5.74) is 2.78. The molecule has 0 bridgehead atoms. The van der Waals surface area contributed by atoms with Crippen LogP contribution in [0.15, 0.2) is 72.7 Å². The lowest BCUT2D eigenvalue weighted by Gasteiger charge is -2.24. The molecule has 1 aromatic heterocycles. The van der Waals surface area contributed by atoms with Gasteiger partial charge in [0.15, 0.2) is 0 Å². The number of fused-ring (bicyclic) bond motifs is 3. The molecule has 0 aliphatic heterocycles. The van der Waals surface area contributed by atoms with Gasteiger partial charge in [0.2, 0.25) is 0 Å². The summed E-state index contributed by atoms with van der Waals surface area (Å²) in [7, 11) is 0. The molecule has 0 saturated carbocycles. The molecule has 4 rings (SSSR count). The molecule has 1 nitrogen and oxygen atoms in total. The smallest absolute Gasteiger partial charge is 0.0629 e. The zero-order valence-corrected chi connectivity index (χ0v) is 13.5. The molecule has 0 aliphatic rings. The maximum absolute atomic E-state index is 8.29. The number of benzene rings is 3. The van der Waals surface area contributed by atoms with Gasteiger partial charge in [-0.05, 0) is 44.0 Å². The number of hydrogen-bond donors (Lipinski definition) is 0. The number of aromatic nitrogens is 1. The van der Waals surface area contributed by atoms with Crippen molar-refractivity contribution in [2.75, 3.05) is 0 Å². The average molecular weight is 304 g/mol. The first-order chi connectivity index (χ1) is 13.1. The molecular formula is C22H21N. The van der Waals surface area contributed by atoms with Crippen molar-refractivity contribution < 1.29 is 6.85 Å². The van der Waals surface area contributed by atoms with Crippen molar-refractivity contribution in [1.82, 2.24) is 4.57 Å². The van der Waals surface area contributed by atoms with Crippen LogP contribution in [0.2, 0.25) is 0 Å². The Labute approximate surface area is 144 Å². The van der Waals surface area contributed by atoms with E-state index in [4.69, 9.17) is 6.85 Å². The number of nitrogens with zero attached hydrogens (tertiary/aromatic N) is 1. The normalized spacial score (nSPS) is 15.2. The van der Waals surface area contributed by atoms with Gasteiger partial charge in [-0.2, -0.15) is 0 Å². The zero-order chi connectivity index (χ0) is 20.4. The molecule has 0 amide bonds. The van der Waals surface area contributed by atoms with Gasteiger partial charge in [0, 0.05) is 21.8 Å². The van der Waals surface area contributed by atoms with Crippen LogP contribution in [0.1, 0.15) is 27.6 Å². The largest absolute Gasteiger partial charge is 0.335 e. The van der Waals surface area contributed by atoms with E-state index < -0.39 is 0 Å². The topological polar surface area (TPSA) is 4.93 Å². The molecule has 1 heteroatoms. The van der Waals surface area contributed by atoms with Gasteiger partial charge in [-0.1, -0.05) is 60.5 Å². The van der Waals surface area contributed by atoms with Gasteiger partial charge in [0.05, 0.1) is 12.4 Å². The minimum absolute atomic E-state index is 0.177. The molecule has 114 valence electrons. The van der Waals surface area contributed by atoms with E-state index in [0.717, 1.165) is 21.8 Å². The Morgan fingerprint density at radius 2 is 1.48 bits per heavy atom. The Morgan fingerprint density at radius 1 is 0.783 bits per heavy atom. The number of hydrogen-bond acceptors (Lipinski definition) is 0. The van der Waals surface area contributed by atoms with Crippen molar-refractivity contribution in [2.24, 2.45) is 0 Å². The van der Waals surface area contributed by atoms with E-state index in [-0.39, 0.29) is 41.3 Å². The van der Waals surface area contributed by atoms with Gasteiger partial charge in [-0.3, -0.25) is 0 Å². The molecule has 23 heavy (non-hydrogen) atoms. The maximum atomic E-state index is 8.29. The first-order valence-corrected chi connectivity index (χ1v) is 7.74. The SMILES string of the molecule is [2H]c1c([2H])c([2H])c(-c2ccc3c4ccccc4n(C(C)(C)C)c3c2)c([2H])c1[2H]. The highest BCUT2D eigenvalue weighted by atomic mass is 15.0. The minimum atomic E-state index is -0.372. The van der Waals surface area contributed by atoms with Gasteiger partial charge < -0.3 is 4.57 Å².